The second kappa shape index (κ2) is 19.4. The number of aromatic nitrogens is 5. The topological polar surface area (TPSA) is 69.6 Å². The average molecular weight is 1180 g/mol. The maximum absolute atomic E-state index is 13.6. The van der Waals surface area contributed by atoms with Crippen LogP contribution in [0.15, 0.2) is 126 Å². The number of hydrogen-bond acceptors (Lipinski definition) is 6. The van der Waals surface area contributed by atoms with Gasteiger partial charge in [-0.3, -0.25) is 9.97 Å². The maximum Gasteiger partial charge on any atom is 0 e. The van der Waals surface area contributed by atoms with Gasteiger partial charge >= 0.3 is 157 Å². The fourth-order valence-electron chi connectivity index (χ4n) is 10.0. The van der Waals surface area contributed by atoms with Crippen molar-refractivity contribution >= 4 is 82.3 Å². The van der Waals surface area contributed by atoms with E-state index in [2.05, 4.69) is 107 Å². The number of aryl methyl sites for hydroxylation is 4. The largest absolute Gasteiger partial charge is 0 e. The van der Waals surface area contributed by atoms with Gasteiger partial charge in [-0.25, -0.2) is 9.37 Å². The summed E-state index contributed by atoms with van der Waals surface area (Å²) in [5, 5.41) is 4.42. The molecule has 12 rings (SSSR count). The summed E-state index contributed by atoms with van der Waals surface area (Å²) in [5.74, 6) is 7.30. The van der Waals surface area contributed by atoms with Crippen molar-refractivity contribution in [3.05, 3.63) is 167 Å². The fraction of sp³-hybridized carbons (Fsp3) is 0.233. The van der Waals surface area contributed by atoms with Crippen LogP contribution >= 0.6 is 11.3 Å². The summed E-state index contributed by atoms with van der Waals surface area (Å²) in [7, 11) is 0. The smallest absolute Gasteiger partial charge is 0 e. The van der Waals surface area contributed by atoms with Crippen molar-refractivity contribution < 1.29 is 35.8 Å². The van der Waals surface area contributed by atoms with E-state index in [1.54, 1.807) is 29.5 Å². The molecule has 6 aromatic heterocycles. The minimum absolute atomic E-state index is 0. The van der Waals surface area contributed by atoms with Gasteiger partial charge in [0.15, 0.2) is 0 Å². The number of thiophene rings is 1. The Kier molecular flexibility index (Phi) is 11.6. The number of halogens is 1. The molecule has 1 fully saturated rings. The van der Waals surface area contributed by atoms with Gasteiger partial charge in [-0.15, -0.1) is 17.7 Å². The van der Waals surface area contributed by atoms with Crippen LogP contribution in [-0.2, 0) is 26.5 Å². The Morgan fingerprint density at radius 1 is 0.800 bits per heavy atom. The van der Waals surface area contributed by atoms with Gasteiger partial charge in [0.2, 0.25) is 0 Å². The van der Waals surface area contributed by atoms with Gasteiger partial charge in [0, 0.05) is 47.5 Å². The van der Waals surface area contributed by atoms with Crippen LogP contribution in [0.4, 0.5) is 4.39 Å². The predicted molar refractivity (Wildman–Crippen MR) is 287 cm³/mol. The molecule has 0 saturated heterocycles. The number of fused-ring (bicyclic) bond motifs is 7. The van der Waals surface area contributed by atoms with Crippen LogP contribution in [-0.4, -0.2) is 37.8 Å². The summed E-state index contributed by atoms with van der Waals surface area (Å²) < 4.78 is 65.1. The molecule has 0 aliphatic heterocycles. The van der Waals surface area contributed by atoms with Crippen LogP contribution in [0.1, 0.15) is 66.8 Å². The van der Waals surface area contributed by atoms with Gasteiger partial charge in [0.1, 0.15) is 21.8 Å². The Morgan fingerprint density at radius 2 is 1.59 bits per heavy atom. The zero-order valence-electron chi connectivity index (χ0n) is 44.9. The first kappa shape index (κ1) is 41.9. The quantitative estimate of drug-likeness (QED) is 0.117. The summed E-state index contributed by atoms with van der Waals surface area (Å²) in [6, 6.07) is 41.2. The van der Waals surface area contributed by atoms with Gasteiger partial charge in [0.05, 0.1) is 34.4 Å². The molecular weight excluding hydrogens is 1120 g/mol. The van der Waals surface area contributed by atoms with E-state index in [4.69, 9.17) is 21.2 Å². The molecule has 0 spiro atoms. The minimum atomic E-state index is -2.35. The van der Waals surface area contributed by atoms with Crippen LogP contribution in [0.25, 0.3) is 93.0 Å². The molecule has 0 bridgehead atoms. The van der Waals surface area contributed by atoms with Gasteiger partial charge in [-0.2, -0.15) is 11.3 Å². The van der Waals surface area contributed by atoms with Crippen LogP contribution < -0.4 is 4.40 Å². The maximum atomic E-state index is 13.6. The van der Waals surface area contributed by atoms with Crippen molar-refractivity contribution in [1.29, 1.82) is 0 Å². The second-order valence-electron chi connectivity index (χ2n) is 19.3. The number of para-hydroxylation sites is 3. The predicted octanol–water partition coefficient (Wildman–Crippen LogP) is 15.8. The normalized spacial score (nSPS) is 14.8. The summed E-state index contributed by atoms with van der Waals surface area (Å²) >= 11 is -0.725. The van der Waals surface area contributed by atoms with Crippen LogP contribution in [0.3, 0.4) is 0 Å². The molecule has 6 heterocycles. The number of nitrogens with zero attached hydrogens (tertiary/aromatic N) is 5. The Bertz CT molecular complexity index is 3950. The molecule has 70 heavy (non-hydrogen) atoms. The second-order valence-corrected chi connectivity index (χ2v) is 30.9. The van der Waals surface area contributed by atoms with Crippen molar-refractivity contribution in [3.8, 4) is 39.7 Å². The molecule has 0 amide bonds. The first-order valence-corrected chi connectivity index (χ1v) is 31.8. The fourth-order valence-corrected chi connectivity index (χ4v) is 14.2. The van der Waals surface area contributed by atoms with E-state index in [1.165, 1.54) is 24.8 Å². The molecule has 11 aromatic rings. The zero-order valence-corrected chi connectivity index (χ0v) is 45.2. The summed E-state index contributed by atoms with van der Waals surface area (Å²) in [6.45, 7) is 4.24. The van der Waals surface area contributed by atoms with Gasteiger partial charge in [-0.05, 0) is 66.6 Å². The van der Waals surface area contributed by atoms with Crippen molar-refractivity contribution in [1.82, 2.24) is 24.5 Å². The Labute approximate surface area is 436 Å². The van der Waals surface area contributed by atoms with Crippen molar-refractivity contribution in [2.24, 2.45) is 5.92 Å². The molecule has 5 aromatic carbocycles. The molecule has 1 aliphatic rings. The number of rotatable bonds is 7. The Balaban J connectivity index is 0.000000186. The SMILES string of the molecule is Cc1cc2c(oc3ccccc32)c(C)c1-n1c(-c2[c-]cc(C)c3c2sc2nc(-c4ccc(F)cn4)ccc23)nc2ccccc21.[2H]C([2H])([2H])c1c[c-]c(-c2cc(C([2H])([2H])C3CCCCC3)[c]([Ge]([CH3])([CH3])[CH3])cn2)cc1.[Ir]. The molecule has 10 heteroatoms. The first-order valence-electron chi connectivity index (χ1n) is 26.2. The number of furan rings is 1. The molecule has 0 unspecified atom stereocenters. The first-order chi connectivity index (χ1) is 35.4. The third-order valence-corrected chi connectivity index (χ3v) is 18.8. The van der Waals surface area contributed by atoms with Crippen molar-refractivity contribution in [2.45, 2.75) is 83.4 Å². The Morgan fingerprint density at radius 3 is 2.36 bits per heavy atom. The molecule has 1 radical (unpaired) electrons. The molecule has 1 aliphatic carbocycles. The van der Waals surface area contributed by atoms with E-state index < -0.39 is 26.5 Å². The molecule has 0 N–H and O–H groups in total. The van der Waals surface area contributed by atoms with Gasteiger partial charge in [-0.1, -0.05) is 54.3 Å². The molecule has 0 atom stereocenters. The number of pyridine rings is 3. The third kappa shape index (κ3) is 8.95. The van der Waals surface area contributed by atoms with E-state index in [1.807, 2.05) is 42.6 Å². The van der Waals surface area contributed by atoms with E-state index in [0.717, 1.165) is 123 Å². The molecule has 1 saturated carbocycles. The van der Waals surface area contributed by atoms with Crippen LogP contribution in [0, 0.1) is 51.5 Å². The number of hydrogen-bond donors (Lipinski definition) is 0. The van der Waals surface area contributed by atoms with Crippen LogP contribution in [0.5, 0.6) is 0 Å². The molecule has 353 valence electrons. The average Bonchev–Trinajstić information content (AvgIpc) is 4.10. The van der Waals surface area contributed by atoms with Crippen molar-refractivity contribution in [2.75, 3.05) is 0 Å². The third-order valence-electron chi connectivity index (χ3n) is 13.4. The number of benzene rings is 5. The summed E-state index contributed by atoms with van der Waals surface area (Å²) in [6.07, 6.45) is 6.96. The van der Waals surface area contributed by atoms with Gasteiger partial charge < -0.3 is 8.98 Å². The van der Waals surface area contributed by atoms with Crippen molar-refractivity contribution in [3.63, 3.8) is 0 Å². The molecule has 6 nitrogen and oxygen atoms in total. The Hall–Kier alpha value is -5.84. The van der Waals surface area contributed by atoms with Crippen LogP contribution in [0.2, 0.25) is 17.3 Å². The molecular formula is C60H54FGeIrN5OS-2. The standard InChI is InChI=1S/C38H24FN4OS.C22H30GeN.Ir/c1-20-12-14-26(36-33(20)25-15-17-29(42-38(25)45-36)28-16-13-23(39)19-40-28)37-41-30-9-5-6-10-31(30)43(37)34-21(2)18-27-24-8-4-7-11-32(24)44-35(27)22(34)3;1-17-10-12-19(13-11-17)22-15-20(14-18-8-6-5-7-9-18)21(16-24-22)23(2,3)4;/h4-13,15-19H,1-3H3;10-12,15-16,18H,5-9,14H2,1-4H3;/q2*-1;/i;1D3,14D2;. The van der Waals surface area contributed by atoms with Gasteiger partial charge in [0.25, 0.3) is 0 Å². The van der Waals surface area contributed by atoms with E-state index in [0.29, 0.717) is 22.6 Å². The zero-order chi connectivity index (χ0) is 51.8. The summed E-state index contributed by atoms with van der Waals surface area (Å²) in [5.41, 5.74) is 12.7. The minimum Gasteiger partial charge on any atom is 0 e. The monoisotopic (exact) mass is 1180 g/mol. The van der Waals surface area contributed by atoms with E-state index in [9.17, 15) is 4.39 Å². The summed E-state index contributed by atoms with van der Waals surface area (Å²) in [4.78, 5) is 20.0. The van der Waals surface area contributed by atoms with E-state index in [-0.39, 0.29) is 37.4 Å². The number of imidazole rings is 1. The van der Waals surface area contributed by atoms with E-state index >= 15 is 0 Å².